The third-order valence-corrected chi connectivity index (χ3v) is 3.09. The van der Waals surface area contributed by atoms with Gasteiger partial charge in [-0.3, -0.25) is 0 Å². The van der Waals surface area contributed by atoms with E-state index in [1.807, 2.05) is 0 Å². The van der Waals surface area contributed by atoms with E-state index in [1.165, 1.54) is 7.11 Å². The molecule has 0 aliphatic rings. The predicted molar refractivity (Wildman–Crippen MR) is 78.4 cm³/mol. The summed E-state index contributed by atoms with van der Waals surface area (Å²) in [6, 6.07) is 5.00. The van der Waals surface area contributed by atoms with Crippen LogP contribution in [-0.4, -0.2) is 40.4 Å². The number of methoxy groups -OCH3 is 1. The number of carbonyl (C=O) groups is 2. The van der Waals surface area contributed by atoms with Crippen molar-refractivity contribution in [1.82, 2.24) is 4.98 Å². The zero-order valence-electron chi connectivity index (χ0n) is 11.4. The van der Waals surface area contributed by atoms with Crippen molar-refractivity contribution < 1.29 is 33.3 Å². The van der Waals surface area contributed by atoms with E-state index < -0.39 is 23.9 Å². The number of alkyl halides is 1. The third-order valence-electron chi connectivity index (χ3n) is 2.47. The van der Waals surface area contributed by atoms with Crippen molar-refractivity contribution in [2.75, 3.05) is 7.11 Å². The molecule has 6 nitrogen and oxygen atoms in total. The fourth-order valence-corrected chi connectivity index (χ4v) is 1.86. The number of carboxylic acid groups (broad SMARTS) is 2. The van der Waals surface area contributed by atoms with Gasteiger partial charge in [0.05, 0.1) is 17.6 Å². The highest BCUT2D eigenvalue weighted by atomic mass is 35.5. The second-order valence-electron chi connectivity index (χ2n) is 3.95. The van der Waals surface area contributed by atoms with Crippen LogP contribution in [0, 0.1) is 5.82 Å². The molecule has 0 radical (unpaired) electrons. The van der Waals surface area contributed by atoms with Gasteiger partial charge in [-0.05, 0) is 18.2 Å². The van der Waals surface area contributed by atoms with E-state index in [-0.39, 0.29) is 10.2 Å². The van der Waals surface area contributed by atoms with E-state index in [9.17, 15) is 18.4 Å². The highest BCUT2D eigenvalue weighted by molar-refractivity contribution is 6.38. The molecule has 2 N–H and O–H groups in total. The molecule has 0 amide bonds. The molecule has 0 aliphatic heterocycles. The number of carboxylic acids is 2. The van der Waals surface area contributed by atoms with Gasteiger partial charge in [-0.25, -0.2) is 23.4 Å². The molecular formula is C13H9Cl2F2NO5. The van der Waals surface area contributed by atoms with Crippen LogP contribution in [0.15, 0.2) is 18.2 Å². The van der Waals surface area contributed by atoms with Crippen molar-refractivity contribution in [3.8, 4) is 5.75 Å². The lowest BCUT2D eigenvalue weighted by Crippen LogP contribution is -2.24. The van der Waals surface area contributed by atoms with Crippen LogP contribution in [0.1, 0.15) is 0 Å². The van der Waals surface area contributed by atoms with E-state index in [1.54, 1.807) is 18.2 Å². The SMILES string of the molecule is COc1ccc2nc(Cl)c(F)c(Cl)c2c1.O=C(O)C(F)C(=O)O. The van der Waals surface area contributed by atoms with Crippen molar-refractivity contribution in [2.24, 2.45) is 0 Å². The van der Waals surface area contributed by atoms with Crippen LogP contribution in [0.25, 0.3) is 10.9 Å². The zero-order valence-corrected chi connectivity index (χ0v) is 12.9. The second kappa shape index (κ2) is 7.89. The fraction of sp³-hybridized carbons (Fsp3) is 0.154. The first kappa shape index (κ1) is 18.9. The topological polar surface area (TPSA) is 96.7 Å². The normalized spacial score (nSPS) is 10.2. The molecule has 124 valence electrons. The monoisotopic (exact) mass is 367 g/mol. The average Bonchev–Trinajstić information content (AvgIpc) is 2.52. The smallest absolute Gasteiger partial charge is 0.350 e. The molecule has 0 fully saturated rings. The maximum absolute atomic E-state index is 13.3. The van der Waals surface area contributed by atoms with Gasteiger partial charge in [-0.2, -0.15) is 0 Å². The maximum atomic E-state index is 13.3. The van der Waals surface area contributed by atoms with Crippen LogP contribution < -0.4 is 4.74 Å². The lowest BCUT2D eigenvalue weighted by Gasteiger charge is -2.05. The molecule has 0 atom stereocenters. The van der Waals surface area contributed by atoms with Crippen molar-refractivity contribution in [3.63, 3.8) is 0 Å². The van der Waals surface area contributed by atoms with Crippen molar-refractivity contribution in [1.29, 1.82) is 0 Å². The Morgan fingerprint density at radius 1 is 1.26 bits per heavy atom. The van der Waals surface area contributed by atoms with Crippen molar-refractivity contribution >= 4 is 46.0 Å². The van der Waals surface area contributed by atoms with Gasteiger partial charge in [0.15, 0.2) is 11.0 Å². The summed E-state index contributed by atoms with van der Waals surface area (Å²) in [6.45, 7) is 0. The first-order valence-corrected chi connectivity index (χ1v) is 6.52. The van der Waals surface area contributed by atoms with Crippen molar-refractivity contribution in [3.05, 3.63) is 34.2 Å². The van der Waals surface area contributed by atoms with E-state index in [0.29, 0.717) is 16.7 Å². The summed E-state index contributed by atoms with van der Waals surface area (Å²) in [6.07, 6.45) is -2.80. The molecule has 1 aromatic heterocycles. The molecule has 23 heavy (non-hydrogen) atoms. The lowest BCUT2D eigenvalue weighted by atomic mass is 10.2. The predicted octanol–water partition coefficient (Wildman–Crippen LogP) is 3.18. The number of aromatic nitrogens is 1. The van der Waals surface area contributed by atoms with Gasteiger partial charge in [0.2, 0.25) is 0 Å². The minimum Gasteiger partial charge on any atom is -0.497 e. The Balaban J connectivity index is 0.000000284. The number of aliphatic carboxylic acids is 2. The molecule has 0 aliphatic carbocycles. The Labute approximate surface area is 138 Å². The van der Waals surface area contributed by atoms with Gasteiger partial charge in [-0.15, -0.1) is 0 Å². The zero-order chi connectivity index (χ0) is 17.7. The number of hydrogen-bond donors (Lipinski definition) is 2. The molecule has 0 spiro atoms. The number of pyridine rings is 1. The van der Waals surface area contributed by atoms with Gasteiger partial charge in [0.25, 0.3) is 6.17 Å². The van der Waals surface area contributed by atoms with Gasteiger partial charge in [-0.1, -0.05) is 23.2 Å². The summed E-state index contributed by atoms with van der Waals surface area (Å²) in [4.78, 5) is 22.6. The molecule has 0 saturated heterocycles. The molecule has 0 unspecified atom stereocenters. The first-order valence-electron chi connectivity index (χ1n) is 5.77. The summed E-state index contributed by atoms with van der Waals surface area (Å²) < 4.78 is 29.8. The van der Waals surface area contributed by atoms with Gasteiger partial charge < -0.3 is 14.9 Å². The van der Waals surface area contributed by atoms with Gasteiger partial charge in [0.1, 0.15) is 5.75 Å². The fourth-order valence-electron chi connectivity index (χ4n) is 1.38. The molecule has 2 rings (SSSR count). The Kier molecular flexibility index (Phi) is 6.47. The highest BCUT2D eigenvalue weighted by Gasteiger charge is 2.23. The molecule has 0 saturated carbocycles. The standard InChI is InChI=1S/C10H6Cl2FNO.C3H3FO4/c1-15-5-2-3-7-6(4-5)8(11)9(13)10(12)14-7;4-1(2(5)6)3(7)8/h2-4H,1H3;1H,(H,5,6)(H,7,8). The summed E-state index contributed by atoms with van der Waals surface area (Å²) in [7, 11) is 1.52. The lowest BCUT2D eigenvalue weighted by molar-refractivity contribution is -0.155. The van der Waals surface area contributed by atoms with E-state index >= 15 is 0 Å². The van der Waals surface area contributed by atoms with Gasteiger partial charge in [0, 0.05) is 5.39 Å². The minimum absolute atomic E-state index is 0.0381. The minimum atomic E-state index is -2.80. The van der Waals surface area contributed by atoms with E-state index in [4.69, 9.17) is 38.2 Å². The first-order chi connectivity index (χ1) is 10.7. The Morgan fingerprint density at radius 2 is 1.83 bits per heavy atom. The largest absolute Gasteiger partial charge is 0.497 e. The molecule has 1 aromatic carbocycles. The van der Waals surface area contributed by atoms with Crippen molar-refractivity contribution in [2.45, 2.75) is 6.17 Å². The molecule has 2 aromatic rings. The van der Waals surface area contributed by atoms with Crippen LogP contribution in [0.4, 0.5) is 8.78 Å². The Bertz CT molecular complexity index is 743. The van der Waals surface area contributed by atoms with Crippen LogP contribution >= 0.6 is 23.2 Å². The average molecular weight is 368 g/mol. The van der Waals surface area contributed by atoms with E-state index in [2.05, 4.69) is 4.98 Å². The number of benzene rings is 1. The Morgan fingerprint density at radius 3 is 2.26 bits per heavy atom. The quantitative estimate of drug-likeness (QED) is 0.638. The summed E-state index contributed by atoms with van der Waals surface area (Å²) >= 11 is 11.4. The molecule has 0 bridgehead atoms. The highest BCUT2D eigenvalue weighted by Crippen LogP contribution is 2.31. The molecule has 1 heterocycles. The molecular weight excluding hydrogens is 359 g/mol. The summed E-state index contributed by atoms with van der Waals surface area (Å²) in [5.74, 6) is -4.07. The number of ether oxygens (including phenoxy) is 1. The van der Waals surface area contributed by atoms with Crippen LogP contribution in [0.5, 0.6) is 5.75 Å². The Hall–Kier alpha value is -2.19. The van der Waals surface area contributed by atoms with Crippen LogP contribution in [-0.2, 0) is 9.59 Å². The number of hydrogen-bond acceptors (Lipinski definition) is 4. The summed E-state index contributed by atoms with van der Waals surface area (Å²) in [5.41, 5.74) is 0.534. The maximum Gasteiger partial charge on any atom is 0.350 e. The number of rotatable bonds is 3. The van der Waals surface area contributed by atoms with E-state index in [0.717, 1.165) is 0 Å². The number of fused-ring (bicyclic) bond motifs is 1. The third kappa shape index (κ3) is 4.64. The van der Waals surface area contributed by atoms with Crippen LogP contribution in [0.2, 0.25) is 10.2 Å². The van der Waals surface area contributed by atoms with Gasteiger partial charge >= 0.3 is 11.9 Å². The van der Waals surface area contributed by atoms with Crippen LogP contribution in [0.3, 0.4) is 0 Å². The summed E-state index contributed by atoms with van der Waals surface area (Å²) in [5, 5.41) is 15.4. The molecule has 10 heteroatoms. The number of halogens is 4. The second-order valence-corrected chi connectivity index (χ2v) is 4.69. The number of nitrogens with zero attached hydrogens (tertiary/aromatic N) is 1.